The molecule has 5 nitrogen and oxygen atoms in total. The van der Waals surface area contributed by atoms with E-state index in [-0.39, 0.29) is 11.9 Å². The van der Waals surface area contributed by atoms with Crippen LogP contribution < -0.4 is 5.32 Å². The van der Waals surface area contributed by atoms with E-state index in [1.807, 2.05) is 24.3 Å². The van der Waals surface area contributed by atoms with Gasteiger partial charge in [-0.25, -0.2) is 4.37 Å². The van der Waals surface area contributed by atoms with Crippen LogP contribution in [0.2, 0.25) is 0 Å². The lowest BCUT2D eigenvalue weighted by atomic mass is 9.79. The first kappa shape index (κ1) is 17.6. The average Bonchev–Trinajstić information content (AvgIpc) is 3.43. The highest BCUT2D eigenvalue weighted by atomic mass is 32.1. The predicted molar refractivity (Wildman–Crippen MR) is 110 cm³/mol. The molecule has 6 heteroatoms. The summed E-state index contributed by atoms with van der Waals surface area (Å²) in [4.78, 5) is 16.4. The number of amides is 1. The summed E-state index contributed by atoms with van der Waals surface area (Å²) in [5.41, 5.74) is 2.06. The van der Waals surface area contributed by atoms with E-state index in [1.54, 1.807) is 12.3 Å². The van der Waals surface area contributed by atoms with Crippen LogP contribution in [-0.4, -0.2) is 40.4 Å². The van der Waals surface area contributed by atoms with Gasteiger partial charge in [0.1, 0.15) is 5.76 Å². The molecular formula is C22H23N3O2S. The number of fused-ring (bicyclic) bond motifs is 3. The monoisotopic (exact) mass is 393 g/mol. The molecule has 3 aromatic rings. The number of nitrogens with one attached hydrogen (secondary N) is 1. The van der Waals surface area contributed by atoms with Crippen molar-refractivity contribution in [2.24, 2.45) is 5.92 Å². The van der Waals surface area contributed by atoms with Gasteiger partial charge in [-0.3, -0.25) is 9.69 Å². The van der Waals surface area contributed by atoms with Crippen LogP contribution in [0.4, 0.5) is 0 Å². The van der Waals surface area contributed by atoms with Crippen LogP contribution in [0, 0.1) is 5.92 Å². The molecule has 0 radical (unpaired) electrons. The number of benzene rings is 1. The molecular weight excluding hydrogens is 370 g/mol. The van der Waals surface area contributed by atoms with Crippen LogP contribution in [0.15, 0.2) is 53.1 Å². The second-order valence-electron chi connectivity index (χ2n) is 7.73. The van der Waals surface area contributed by atoms with Gasteiger partial charge in [0.15, 0.2) is 5.76 Å². The Morgan fingerprint density at radius 2 is 2.00 bits per heavy atom. The third-order valence-electron chi connectivity index (χ3n) is 6.17. The normalized spacial score (nSPS) is 26.3. The summed E-state index contributed by atoms with van der Waals surface area (Å²) in [6.07, 6.45) is 4.14. The fourth-order valence-electron chi connectivity index (χ4n) is 4.57. The van der Waals surface area contributed by atoms with Crippen molar-refractivity contribution in [2.75, 3.05) is 13.1 Å². The number of nitrogens with zero attached hydrogens (tertiary/aromatic N) is 2. The highest BCUT2D eigenvalue weighted by Crippen LogP contribution is 2.33. The number of hydrogen-bond acceptors (Lipinski definition) is 5. The van der Waals surface area contributed by atoms with Gasteiger partial charge in [0.25, 0.3) is 5.91 Å². The van der Waals surface area contributed by atoms with Crippen molar-refractivity contribution in [3.05, 3.63) is 54.4 Å². The summed E-state index contributed by atoms with van der Waals surface area (Å²) >= 11 is 1.47. The van der Waals surface area contributed by atoms with Crippen molar-refractivity contribution < 1.29 is 9.21 Å². The number of carbonyl (C=O) groups is 1. The standard InChI is InChI=1S/C22H23N3O2S/c1-14-21(15-8-11-25(14)12-9-15)24-22(26)19-6-5-18(27-19)16-3-2-4-17(13-16)20-7-10-23-28-20/h2-7,10,13-15,21H,8-9,11-12H2,1H3,(H,24,26)/t14-,21-/m0/s1. The molecule has 0 aliphatic carbocycles. The molecule has 1 aromatic carbocycles. The third-order valence-corrected chi connectivity index (χ3v) is 6.97. The molecule has 2 aromatic heterocycles. The number of hydrogen-bond donors (Lipinski definition) is 1. The summed E-state index contributed by atoms with van der Waals surface area (Å²) in [6.45, 7) is 4.52. The summed E-state index contributed by atoms with van der Waals surface area (Å²) < 4.78 is 10.1. The van der Waals surface area contributed by atoms with Crippen LogP contribution in [0.3, 0.4) is 0 Å². The Bertz CT molecular complexity index is 971. The van der Waals surface area contributed by atoms with E-state index in [2.05, 4.69) is 33.6 Å². The van der Waals surface area contributed by atoms with Crippen molar-refractivity contribution in [2.45, 2.75) is 31.8 Å². The minimum atomic E-state index is -0.115. The summed E-state index contributed by atoms with van der Waals surface area (Å²) in [5.74, 6) is 1.55. The van der Waals surface area contributed by atoms with E-state index >= 15 is 0 Å². The zero-order valence-electron chi connectivity index (χ0n) is 15.8. The molecule has 5 heterocycles. The van der Waals surface area contributed by atoms with Crippen molar-refractivity contribution >= 4 is 17.4 Å². The largest absolute Gasteiger partial charge is 0.451 e. The summed E-state index contributed by atoms with van der Waals surface area (Å²) in [7, 11) is 0. The van der Waals surface area contributed by atoms with Crippen molar-refractivity contribution in [1.29, 1.82) is 0 Å². The number of piperidine rings is 3. The number of aromatic nitrogens is 1. The van der Waals surface area contributed by atoms with Gasteiger partial charge in [0, 0.05) is 23.8 Å². The summed E-state index contributed by atoms with van der Waals surface area (Å²) in [5, 5.41) is 3.23. The molecule has 28 heavy (non-hydrogen) atoms. The Morgan fingerprint density at radius 1 is 1.18 bits per heavy atom. The molecule has 3 aliphatic rings. The zero-order chi connectivity index (χ0) is 19.1. The highest BCUT2D eigenvalue weighted by Gasteiger charge is 2.40. The van der Waals surface area contributed by atoms with Crippen molar-refractivity contribution in [1.82, 2.24) is 14.6 Å². The molecule has 2 bridgehead atoms. The highest BCUT2D eigenvalue weighted by molar-refractivity contribution is 7.09. The lowest BCUT2D eigenvalue weighted by Crippen LogP contribution is -2.62. The van der Waals surface area contributed by atoms with Gasteiger partial charge in [-0.2, -0.15) is 0 Å². The Morgan fingerprint density at radius 3 is 2.75 bits per heavy atom. The van der Waals surface area contributed by atoms with E-state index in [0.717, 1.165) is 29.1 Å². The summed E-state index contributed by atoms with van der Waals surface area (Å²) in [6, 6.07) is 14.4. The maximum absolute atomic E-state index is 12.8. The Hall–Kier alpha value is -2.44. The molecule has 3 aliphatic heterocycles. The SMILES string of the molecule is C[C@H]1[C@H](NC(=O)c2ccc(-c3cccc(-c4ccns4)c3)o2)C2CCN1CC2. The van der Waals surface area contributed by atoms with Crippen LogP contribution in [0.1, 0.15) is 30.3 Å². The smallest absolute Gasteiger partial charge is 0.287 e. The molecule has 2 atom stereocenters. The predicted octanol–water partition coefficient (Wildman–Crippen LogP) is 4.28. The van der Waals surface area contributed by atoms with Gasteiger partial charge in [-0.15, -0.1) is 0 Å². The second kappa shape index (κ2) is 7.18. The molecule has 0 saturated carbocycles. The van der Waals surface area contributed by atoms with E-state index < -0.39 is 0 Å². The van der Waals surface area contributed by atoms with Gasteiger partial charge in [-0.1, -0.05) is 18.2 Å². The molecule has 1 amide bonds. The molecule has 1 N–H and O–H groups in total. The molecule has 0 unspecified atom stereocenters. The lowest BCUT2D eigenvalue weighted by molar-refractivity contribution is 0.0211. The van der Waals surface area contributed by atoms with Crippen LogP contribution in [0.25, 0.3) is 21.8 Å². The Labute approximate surface area is 168 Å². The first-order valence-electron chi connectivity index (χ1n) is 9.85. The van der Waals surface area contributed by atoms with Gasteiger partial charge >= 0.3 is 0 Å². The Kier molecular flexibility index (Phi) is 4.53. The zero-order valence-corrected chi connectivity index (χ0v) is 16.6. The van der Waals surface area contributed by atoms with Crippen LogP contribution >= 0.6 is 11.5 Å². The topological polar surface area (TPSA) is 58.4 Å². The van der Waals surface area contributed by atoms with E-state index in [1.165, 1.54) is 24.4 Å². The van der Waals surface area contributed by atoms with Crippen LogP contribution in [-0.2, 0) is 0 Å². The average molecular weight is 394 g/mol. The van der Waals surface area contributed by atoms with Gasteiger partial charge in [-0.05, 0) is 80.1 Å². The minimum absolute atomic E-state index is 0.115. The van der Waals surface area contributed by atoms with Gasteiger partial charge < -0.3 is 9.73 Å². The first-order valence-corrected chi connectivity index (χ1v) is 10.6. The van der Waals surface area contributed by atoms with Gasteiger partial charge in [0.2, 0.25) is 0 Å². The molecule has 6 rings (SSSR count). The fourth-order valence-corrected chi connectivity index (χ4v) is 5.16. The third kappa shape index (κ3) is 3.16. The molecule has 3 fully saturated rings. The molecule has 3 saturated heterocycles. The van der Waals surface area contributed by atoms with E-state index in [9.17, 15) is 4.79 Å². The number of carbonyl (C=O) groups excluding carboxylic acids is 1. The number of furan rings is 1. The molecule has 0 spiro atoms. The van der Waals surface area contributed by atoms with E-state index in [4.69, 9.17) is 4.42 Å². The Balaban J connectivity index is 1.34. The fraction of sp³-hybridized carbons (Fsp3) is 0.364. The van der Waals surface area contributed by atoms with Crippen molar-refractivity contribution in [3.63, 3.8) is 0 Å². The quantitative estimate of drug-likeness (QED) is 0.719. The molecule has 144 valence electrons. The number of rotatable bonds is 4. The maximum atomic E-state index is 12.8. The van der Waals surface area contributed by atoms with Crippen molar-refractivity contribution in [3.8, 4) is 21.8 Å². The van der Waals surface area contributed by atoms with Gasteiger partial charge in [0.05, 0.1) is 4.88 Å². The second-order valence-corrected chi connectivity index (χ2v) is 8.57. The minimum Gasteiger partial charge on any atom is -0.451 e. The van der Waals surface area contributed by atoms with E-state index in [0.29, 0.717) is 23.5 Å². The first-order chi connectivity index (χ1) is 13.7. The lowest BCUT2D eigenvalue weighted by Gasteiger charge is -2.49. The van der Waals surface area contributed by atoms with Crippen LogP contribution in [0.5, 0.6) is 0 Å². The maximum Gasteiger partial charge on any atom is 0.287 e.